The Morgan fingerprint density at radius 3 is 3.10 bits per heavy atom. The summed E-state index contributed by atoms with van der Waals surface area (Å²) in [5.41, 5.74) is 0.608. The van der Waals surface area contributed by atoms with Crippen LogP contribution in [0.5, 0.6) is 0 Å². The number of hydrogen-bond donors (Lipinski definition) is 1. The first-order valence-electron chi connectivity index (χ1n) is 6.99. The minimum Gasteiger partial charge on any atom is -0.376 e. The van der Waals surface area contributed by atoms with Gasteiger partial charge in [0.05, 0.1) is 12.6 Å². The topological polar surface area (TPSA) is 45.3 Å². The van der Waals surface area contributed by atoms with Crippen molar-refractivity contribution in [1.82, 2.24) is 9.88 Å². The maximum absolute atomic E-state index is 12.7. The lowest BCUT2D eigenvalue weighted by Gasteiger charge is -2.24. The van der Waals surface area contributed by atoms with E-state index in [1.807, 2.05) is 22.4 Å². The highest BCUT2D eigenvalue weighted by Gasteiger charge is 2.24. The normalized spacial score (nSPS) is 18.0. The molecule has 3 heterocycles. The first-order chi connectivity index (χ1) is 10.2. The smallest absolute Gasteiger partial charge is 0.270 e. The largest absolute Gasteiger partial charge is 0.376 e. The minimum atomic E-state index is 0.0181. The van der Waals surface area contributed by atoms with Gasteiger partial charge in [0.25, 0.3) is 5.91 Å². The van der Waals surface area contributed by atoms with E-state index in [1.165, 1.54) is 4.88 Å². The summed E-state index contributed by atoms with van der Waals surface area (Å²) in [4.78, 5) is 18.8. The number of H-pyrrole nitrogens is 1. The minimum absolute atomic E-state index is 0.0181. The zero-order valence-corrected chi connectivity index (χ0v) is 14.0. The van der Waals surface area contributed by atoms with E-state index in [2.05, 4.69) is 27.0 Å². The zero-order chi connectivity index (χ0) is 14.7. The second kappa shape index (κ2) is 6.77. The Hall–Kier alpha value is -1.11. The standard InChI is InChI=1S/C15H17BrN2O2S/c16-11-7-14(17-8-11)15(19)18(9-12-3-1-5-20-12)10-13-4-2-6-21-13/h2,4,6-8,12,17H,1,3,5,9-10H2. The molecule has 2 aromatic rings. The summed E-state index contributed by atoms with van der Waals surface area (Å²) in [5, 5.41) is 2.04. The molecule has 1 aliphatic heterocycles. The number of halogens is 1. The van der Waals surface area contributed by atoms with Gasteiger partial charge in [0.2, 0.25) is 0 Å². The van der Waals surface area contributed by atoms with Gasteiger partial charge in [-0.05, 0) is 46.3 Å². The second-order valence-electron chi connectivity index (χ2n) is 5.13. The molecule has 1 aliphatic rings. The number of hydrogen-bond acceptors (Lipinski definition) is 3. The first-order valence-corrected chi connectivity index (χ1v) is 8.67. The molecular weight excluding hydrogens is 352 g/mol. The van der Waals surface area contributed by atoms with Crippen LogP contribution in [-0.2, 0) is 11.3 Å². The van der Waals surface area contributed by atoms with Gasteiger partial charge in [-0.15, -0.1) is 11.3 Å². The Balaban J connectivity index is 1.75. The monoisotopic (exact) mass is 368 g/mol. The summed E-state index contributed by atoms with van der Waals surface area (Å²) < 4.78 is 6.57. The molecule has 0 spiro atoms. The molecule has 2 aromatic heterocycles. The van der Waals surface area contributed by atoms with E-state index in [1.54, 1.807) is 17.5 Å². The lowest BCUT2D eigenvalue weighted by atomic mass is 10.2. The Labute approximate surface area is 136 Å². The second-order valence-corrected chi connectivity index (χ2v) is 7.08. The fourth-order valence-corrected chi connectivity index (χ4v) is 3.57. The summed E-state index contributed by atoms with van der Waals surface area (Å²) >= 11 is 5.05. The number of carbonyl (C=O) groups excluding carboxylic acids is 1. The third-order valence-corrected chi connectivity index (χ3v) is 4.86. The number of amides is 1. The Morgan fingerprint density at radius 1 is 1.57 bits per heavy atom. The molecule has 1 amide bonds. The van der Waals surface area contributed by atoms with Crippen LogP contribution in [0.3, 0.4) is 0 Å². The lowest BCUT2D eigenvalue weighted by molar-refractivity contribution is 0.0506. The van der Waals surface area contributed by atoms with Crippen LogP contribution < -0.4 is 0 Å². The van der Waals surface area contributed by atoms with Crippen molar-refractivity contribution in [3.63, 3.8) is 0 Å². The van der Waals surface area contributed by atoms with Gasteiger partial charge in [-0.2, -0.15) is 0 Å². The van der Waals surface area contributed by atoms with E-state index in [-0.39, 0.29) is 12.0 Å². The predicted molar refractivity (Wildman–Crippen MR) is 86.5 cm³/mol. The van der Waals surface area contributed by atoms with Gasteiger partial charge in [-0.1, -0.05) is 6.07 Å². The number of ether oxygens (including phenoxy) is 1. The van der Waals surface area contributed by atoms with Gasteiger partial charge in [0.1, 0.15) is 5.69 Å². The molecule has 1 N–H and O–H groups in total. The number of rotatable bonds is 5. The molecule has 1 saturated heterocycles. The van der Waals surface area contributed by atoms with E-state index in [4.69, 9.17) is 4.74 Å². The van der Waals surface area contributed by atoms with Crippen LogP contribution in [0, 0.1) is 0 Å². The van der Waals surface area contributed by atoms with Crippen molar-refractivity contribution in [1.29, 1.82) is 0 Å². The van der Waals surface area contributed by atoms with Crippen LogP contribution in [0.1, 0.15) is 28.2 Å². The van der Waals surface area contributed by atoms with Gasteiger partial charge in [-0.3, -0.25) is 4.79 Å². The molecule has 3 rings (SSSR count). The average molecular weight is 369 g/mol. The van der Waals surface area contributed by atoms with Crippen molar-refractivity contribution in [3.8, 4) is 0 Å². The van der Waals surface area contributed by atoms with Gasteiger partial charge >= 0.3 is 0 Å². The first kappa shape index (κ1) is 14.8. The van der Waals surface area contributed by atoms with Crippen LogP contribution in [0.2, 0.25) is 0 Å². The maximum atomic E-state index is 12.7. The summed E-state index contributed by atoms with van der Waals surface area (Å²) in [6, 6.07) is 5.89. The van der Waals surface area contributed by atoms with Gasteiger partial charge in [0, 0.05) is 28.7 Å². The fourth-order valence-electron chi connectivity index (χ4n) is 2.51. The van der Waals surface area contributed by atoms with E-state index in [9.17, 15) is 4.79 Å². The molecule has 0 saturated carbocycles. The highest BCUT2D eigenvalue weighted by Crippen LogP contribution is 2.20. The van der Waals surface area contributed by atoms with Crippen molar-refractivity contribution in [2.45, 2.75) is 25.5 Å². The Bertz CT molecular complexity index is 591. The zero-order valence-electron chi connectivity index (χ0n) is 11.5. The number of aromatic nitrogens is 1. The van der Waals surface area contributed by atoms with Crippen LogP contribution in [0.15, 0.2) is 34.2 Å². The van der Waals surface area contributed by atoms with Crippen molar-refractivity contribution >= 4 is 33.2 Å². The molecule has 112 valence electrons. The number of carbonyl (C=O) groups is 1. The van der Waals surface area contributed by atoms with E-state index < -0.39 is 0 Å². The van der Waals surface area contributed by atoms with Crippen LogP contribution in [-0.4, -0.2) is 35.0 Å². The van der Waals surface area contributed by atoms with E-state index in [0.29, 0.717) is 18.8 Å². The van der Waals surface area contributed by atoms with Gasteiger partial charge in [-0.25, -0.2) is 0 Å². The highest BCUT2D eigenvalue weighted by atomic mass is 79.9. The number of nitrogens with zero attached hydrogens (tertiary/aromatic N) is 1. The number of nitrogens with one attached hydrogen (secondary N) is 1. The Kier molecular flexibility index (Phi) is 4.77. The molecule has 0 bridgehead atoms. The molecule has 1 atom stereocenters. The van der Waals surface area contributed by atoms with E-state index in [0.717, 1.165) is 23.9 Å². The lowest BCUT2D eigenvalue weighted by Crippen LogP contribution is -2.36. The summed E-state index contributed by atoms with van der Waals surface area (Å²) in [6.07, 6.45) is 4.05. The molecule has 1 unspecified atom stereocenters. The summed E-state index contributed by atoms with van der Waals surface area (Å²) in [6.45, 7) is 2.08. The maximum Gasteiger partial charge on any atom is 0.270 e. The van der Waals surface area contributed by atoms with E-state index >= 15 is 0 Å². The van der Waals surface area contributed by atoms with Crippen molar-refractivity contribution < 1.29 is 9.53 Å². The van der Waals surface area contributed by atoms with Crippen LogP contribution in [0.25, 0.3) is 0 Å². The number of thiophene rings is 1. The Morgan fingerprint density at radius 2 is 2.48 bits per heavy atom. The third kappa shape index (κ3) is 3.75. The molecule has 0 aromatic carbocycles. The van der Waals surface area contributed by atoms with Crippen molar-refractivity contribution in [3.05, 3.63) is 44.8 Å². The van der Waals surface area contributed by atoms with Crippen LogP contribution >= 0.6 is 27.3 Å². The van der Waals surface area contributed by atoms with Gasteiger partial charge < -0.3 is 14.6 Å². The van der Waals surface area contributed by atoms with Crippen molar-refractivity contribution in [2.24, 2.45) is 0 Å². The molecule has 0 aliphatic carbocycles. The summed E-state index contributed by atoms with van der Waals surface area (Å²) in [5.74, 6) is 0.0181. The van der Waals surface area contributed by atoms with Crippen LogP contribution in [0.4, 0.5) is 0 Å². The van der Waals surface area contributed by atoms with Crippen molar-refractivity contribution in [2.75, 3.05) is 13.2 Å². The third-order valence-electron chi connectivity index (χ3n) is 3.54. The molecule has 1 fully saturated rings. The SMILES string of the molecule is O=C(c1cc(Br)c[nH]1)N(Cc1cccs1)CC1CCCO1. The highest BCUT2D eigenvalue weighted by molar-refractivity contribution is 9.10. The molecule has 0 radical (unpaired) electrons. The number of aromatic amines is 1. The molecule has 4 nitrogen and oxygen atoms in total. The predicted octanol–water partition coefficient (Wildman–Crippen LogP) is 3.66. The summed E-state index contributed by atoms with van der Waals surface area (Å²) in [7, 11) is 0. The van der Waals surface area contributed by atoms with Gasteiger partial charge in [0.15, 0.2) is 0 Å². The molecule has 6 heteroatoms. The molecular formula is C15H17BrN2O2S. The average Bonchev–Trinajstić information content (AvgIpc) is 3.19. The molecule has 21 heavy (non-hydrogen) atoms. The quantitative estimate of drug-likeness (QED) is 0.874. The fraction of sp³-hybridized carbons (Fsp3) is 0.400.